The van der Waals surface area contributed by atoms with Crippen molar-refractivity contribution in [2.24, 2.45) is 0 Å². The van der Waals surface area contributed by atoms with E-state index in [-0.39, 0.29) is 11.7 Å². The van der Waals surface area contributed by atoms with Crippen molar-refractivity contribution < 1.29 is 9.53 Å². The summed E-state index contributed by atoms with van der Waals surface area (Å²) < 4.78 is 5.47. The molecule has 1 heterocycles. The van der Waals surface area contributed by atoms with Gasteiger partial charge in [-0.25, -0.2) is 0 Å². The first-order chi connectivity index (χ1) is 9.79. The van der Waals surface area contributed by atoms with Gasteiger partial charge >= 0.3 is 0 Å². The number of hydrogen-bond donors (Lipinski definition) is 0. The lowest BCUT2D eigenvalue weighted by Gasteiger charge is -2.11. The van der Waals surface area contributed by atoms with Crippen molar-refractivity contribution in [2.45, 2.75) is 17.7 Å². The van der Waals surface area contributed by atoms with Gasteiger partial charge in [0, 0.05) is 16.2 Å². The zero-order valence-electron chi connectivity index (χ0n) is 11.3. The highest BCUT2D eigenvalue weighted by Gasteiger charge is 2.29. The second kappa shape index (κ2) is 5.71. The fraction of sp³-hybridized carbons (Fsp3) is 0.235. The fourth-order valence-electron chi connectivity index (χ4n) is 2.49. The average molecular weight is 284 g/mol. The van der Waals surface area contributed by atoms with Crippen LogP contribution in [0.25, 0.3) is 0 Å². The Morgan fingerprint density at radius 1 is 1.25 bits per heavy atom. The molecular weight excluding hydrogens is 268 g/mol. The monoisotopic (exact) mass is 284 g/mol. The van der Waals surface area contributed by atoms with E-state index >= 15 is 0 Å². The van der Waals surface area contributed by atoms with Crippen LogP contribution in [0.15, 0.2) is 53.4 Å². The van der Waals surface area contributed by atoms with Crippen molar-refractivity contribution >= 4 is 17.5 Å². The number of hydrogen-bond acceptors (Lipinski definition) is 3. The van der Waals surface area contributed by atoms with Crippen LogP contribution in [0.3, 0.4) is 0 Å². The van der Waals surface area contributed by atoms with Crippen molar-refractivity contribution in [2.75, 3.05) is 12.4 Å². The van der Waals surface area contributed by atoms with Crippen LogP contribution in [0, 0.1) is 0 Å². The fourth-order valence-corrected chi connectivity index (χ4v) is 3.72. The Morgan fingerprint density at radius 3 is 2.95 bits per heavy atom. The van der Waals surface area contributed by atoms with E-state index in [0.717, 1.165) is 22.6 Å². The number of thioether (sulfide) groups is 1. The number of carbonyl (C=O) groups is 1. The molecular formula is C17H16O2S. The van der Waals surface area contributed by atoms with E-state index < -0.39 is 0 Å². The Hall–Kier alpha value is -1.74. The summed E-state index contributed by atoms with van der Waals surface area (Å²) in [5.74, 6) is 1.74. The van der Waals surface area contributed by atoms with E-state index in [1.54, 1.807) is 11.8 Å². The largest absolute Gasteiger partial charge is 0.494 e. The first-order valence-electron chi connectivity index (χ1n) is 6.78. The zero-order chi connectivity index (χ0) is 13.9. The Bertz CT molecular complexity index is 636. The van der Waals surface area contributed by atoms with E-state index in [0.29, 0.717) is 6.61 Å². The maximum absolute atomic E-state index is 12.7. The molecule has 20 heavy (non-hydrogen) atoms. The number of rotatable bonds is 4. The summed E-state index contributed by atoms with van der Waals surface area (Å²) in [4.78, 5) is 13.9. The molecule has 0 saturated heterocycles. The Kier molecular flexibility index (Phi) is 3.79. The number of Topliss-reactive ketones (excluding diaryl/α,β-unsaturated/α-hetero) is 1. The van der Waals surface area contributed by atoms with Crippen LogP contribution < -0.4 is 4.74 Å². The van der Waals surface area contributed by atoms with Crippen LogP contribution in [0.5, 0.6) is 5.75 Å². The van der Waals surface area contributed by atoms with Gasteiger partial charge in [0.2, 0.25) is 0 Å². The van der Waals surface area contributed by atoms with Gasteiger partial charge < -0.3 is 4.74 Å². The van der Waals surface area contributed by atoms with E-state index in [1.165, 1.54) is 4.90 Å². The molecule has 1 aliphatic rings. The Balaban J connectivity index is 1.89. The molecule has 1 unspecified atom stereocenters. The molecule has 2 aromatic carbocycles. The summed E-state index contributed by atoms with van der Waals surface area (Å²) in [5, 5.41) is 0. The molecule has 0 N–H and O–H groups in total. The normalized spacial score (nSPS) is 16.8. The van der Waals surface area contributed by atoms with Gasteiger partial charge in [-0.05, 0) is 30.7 Å². The van der Waals surface area contributed by atoms with Crippen molar-refractivity contribution in [3.05, 3.63) is 59.7 Å². The van der Waals surface area contributed by atoms with Gasteiger partial charge in [-0.3, -0.25) is 4.79 Å². The lowest BCUT2D eigenvalue weighted by Crippen LogP contribution is -2.12. The standard InChI is InChI=1S/C17H16O2S/c1-2-19-13-7-5-6-12(10-13)17(18)15-11-20-16-9-4-3-8-14(15)16/h3-10,15H,2,11H2,1H3. The van der Waals surface area contributed by atoms with E-state index in [2.05, 4.69) is 12.1 Å². The number of ether oxygens (including phenoxy) is 1. The summed E-state index contributed by atoms with van der Waals surface area (Å²) in [7, 11) is 0. The highest BCUT2D eigenvalue weighted by atomic mass is 32.2. The maximum atomic E-state index is 12.7. The highest BCUT2D eigenvalue weighted by molar-refractivity contribution is 7.99. The van der Waals surface area contributed by atoms with Crippen LogP contribution in [0.4, 0.5) is 0 Å². The lowest BCUT2D eigenvalue weighted by atomic mass is 9.92. The van der Waals surface area contributed by atoms with Gasteiger partial charge in [-0.2, -0.15) is 0 Å². The van der Waals surface area contributed by atoms with Crippen LogP contribution in [0.1, 0.15) is 28.8 Å². The van der Waals surface area contributed by atoms with Gasteiger partial charge in [-0.1, -0.05) is 30.3 Å². The molecule has 0 amide bonds. The summed E-state index contributed by atoms with van der Waals surface area (Å²) in [6.45, 7) is 2.55. The maximum Gasteiger partial charge on any atom is 0.171 e. The third-order valence-electron chi connectivity index (χ3n) is 3.45. The molecule has 102 valence electrons. The first kappa shape index (κ1) is 13.3. The predicted molar refractivity (Wildman–Crippen MR) is 81.8 cm³/mol. The topological polar surface area (TPSA) is 26.3 Å². The SMILES string of the molecule is CCOc1cccc(C(=O)C2CSc3ccccc32)c1. The van der Waals surface area contributed by atoms with Crippen LogP contribution in [0.2, 0.25) is 0 Å². The number of fused-ring (bicyclic) bond motifs is 1. The molecule has 2 aromatic rings. The minimum Gasteiger partial charge on any atom is -0.494 e. The van der Waals surface area contributed by atoms with Crippen LogP contribution >= 0.6 is 11.8 Å². The summed E-state index contributed by atoms with van der Waals surface area (Å²) in [6, 6.07) is 15.7. The molecule has 3 heteroatoms. The molecule has 0 spiro atoms. The van der Waals surface area contributed by atoms with Gasteiger partial charge in [0.25, 0.3) is 0 Å². The predicted octanol–water partition coefficient (Wildman–Crippen LogP) is 4.16. The van der Waals surface area contributed by atoms with Crippen molar-refractivity contribution in [3.63, 3.8) is 0 Å². The van der Waals surface area contributed by atoms with E-state index in [1.807, 2.05) is 43.3 Å². The highest BCUT2D eigenvalue weighted by Crippen LogP contribution is 2.41. The molecule has 0 radical (unpaired) electrons. The molecule has 1 aliphatic heterocycles. The third-order valence-corrected chi connectivity index (χ3v) is 4.63. The quantitative estimate of drug-likeness (QED) is 0.789. The Morgan fingerprint density at radius 2 is 2.10 bits per heavy atom. The van der Waals surface area contributed by atoms with Gasteiger partial charge in [0.1, 0.15) is 5.75 Å². The minimum atomic E-state index is -0.0342. The van der Waals surface area contributed by atoms with Crippen molar-refractivity contribution in [1.82, 2.24) is 0 Å². The molecule has 0 aliphatic carbocycles. The number of ketones is 1. The molecule has 3 rings (SSSR count). The third kappa shape index (κ3) is 2.46. The van der Waals surface area contributed by atoms with E-state index in [4.69, 9.17) is 4.74 Å². The molecule has 0 saturated carbocycles. The number of benzene rings is 2. The second-order valence-corrected chi connectivity index (χ2v) is 5.79. The summed E-state index contributed by atoms with van der Waals surface area (Å²) in [5.41, 5.74) is 1.89. The van der Waals surface area contributed by atoms with Crippen molar-refractivity contribution in [1.29, 1.82) is 0 Å². The van der Waals surface area contributed by atoms with Crippen molar-refractivity contribution in [3.8, 4) is 5.75 Å². The Labute approximate surface area is 123 Å². The van der Waals surface area contributed by atoms with Gasteiger partial charge in [-0.15, -0.1) is 11.8 Å². The molecule has 0 fully saturated rings. The number of carbonyl (C=O) groups excluding carboxylic acids is 1. The van der Waals surface area contributed by atoms with E-state index in [9.17, 15) is 4.79 Å². The summed E-state index contributed by atoms with van der Waals surface area (Å²) in [6.07, 6.45) is 0. The summed E-state index contributed by atoms with van der Waals surface area (Å²) >= 11 is 1.76. The lowest BCUT2D eigenvalue weighted by molar-refractivity contribution is 0.0968. The molecule has 0 bridgehead atoms. The smallest absolute Gasteiger partial charge is 0.171 e. The minimum absolute atomic E-state index is 0.0342. The molecule has 1 atom stereocenters. The molecule has 0 aromatic heterocycles. The zero-order valence-corrected chi connectivity index (χ0v) is 12.2. The molecule has 2 nitrogen and oxygen atoms in total. The van der Waals surface area contributed by atoms with Crippen LogP contribution in [-0.4, -0.2) is 18.1 Å². The van der Waals surface area contributed by atoms with Gasteiger partial charge in [0.15, 0.2) is 5.78 Å². The van der Waals surface area contributed by atoms with Gasteiger partial charge in [0.05, 0.1) is 12.5 Å². The van der Waals surface area contributed by atoms with Crippen LogP contribution in [-0.2, 0) is 0 Å². The average Bonchev–Trinajstić information content (AvgIpc) is 2.91. The first-order valence-corrected chi connectivity index (χ1v) is 7.77. The second-order valence-electron chi connectivity index (χ2n) is 4.73.